The molecule has 0 spiro atoms. The number of aliphatic carboxylic acids is 1. The number of carboxylic acids is 1. The Morgan fingerprint density at radius 3 is 2.84 bits per heavy atom. The summed E-state index contributed by atoms with van der Waals surface area (Å²) < 4.78 is 5.38. The molecule has 38 heavy (non-hydrogen) atoms. The van der Waals surface area contributed by atoms with Crippen LogP contribution in [0.5, 0.6) is 5.75 Å². The highest BCUT2D eigenvalue weighted by Crippen LogP contribution is 2.35. The number of carboxylic acid groups (broad SMARTS) is 1. The smallest absolute Gasteiger partial charge is 0.303 e. The van der Waals surface area contributed by atoms with Crippen LogP contribution in [0.4, 0.5) is 0 Å². The molecular formula is C30H37ClN2O4S. The van der Waals surface area contributed by atoms with E-state index >= 15 is 0 Å². The zero-order valence-electron chi connectivity index (χ0n) is 21.9. The maximum Gasteiger partial charge on any atom is 0.303 e. The van der Waals surface area contributed by atoms with Crippen LogP contribution < -0.4 is 4.74 Å². The number of pyridine rings is 1. The first-order valence-corrected chi connectivity index (χ1v) is 14.7. The molecule has 2 aromatic carbocycles. The summed E-state index contributed by atoms with van der Waals surface area (Å²) in [6.07, 6.45) is 5.60. The lowest BCUT2D eigenvalue weighted by molar-refractivity contribution is -0.137. The highest BCUT2D eigenvalue weighted by molar-refractivity contribution is 7.99. The van der Waals surface area contributed by atoms with Crippen LogP contribution in [0, 0.1) is 11.8 Å². The summed E-state index contributed by atoms with van der Waals surface area (Å²) in [6.45, 7) is 2.93. The number of thioether (sulfide) groups is 1. The zero-order valence-corrected chi connectivity index (χ0v) is 23.5. The van der Waals surface area contributed by atoms with E-state index in [2.05, 4.69) is 16.0 Å². The number of fused-ring (bicyclic) bond motifs is 1. The molecular weight excluding hydrogens is 520 g/mol. The van der Waals surface area contributed by atoms with E-state index in [9.17, 15) is 15.0 Å². The number of hydrogen-bond donors (Lipinski definition) is 2. The van der Waals surface area contributed by atoms with Crippen LogP contribution in [0.3, 0.4) is 0 Å². The van der Waals surface area contributed by atoms with Crippen LogP contribution in [0.2, 0.25) is 5.02 Å². The molecule has 0 aliphatic carbocycles. The molecule has 0 bridgehead atoms. The van der Waals surface area contributed by atoms with Gasteiger partial charge in [0.2, 0.25) is 0 Å². The predicted octanol–water partition coefficient (Wildman–Crippen LogP) is 6.70. The van der Waals surface area contributed by atoms with Gasteiger partial charge in [-0.15, -0.1) is 11.8 Å². The highest BCUT2D eigenvalue weighted by Gasteiger charge is 2.30. The molecule has 3 aromatic rings. The van der Waals surface area contributed by atoms with Gasteiger partial charge in [0.25, 0.3) is 0 Å². The van der Waals surface area contributed by atoms with Crippen molar-refractivity contribution in [2.75, 3.05) is 32.5 Å². The fraction of sp³-hybridized carbons (Fsp3) is 0.467. The number of halogens is 1. The molecule has 1 aromatic heterocycles. The van der Waals surface area contributed by atoms with E-state index in [0.29, 0.717) is 24.7 Å². The number of aromatic nitrogens is 1. The van der Waals surface area contributed by atoms with E-state index in [1.807, 2.05) is 42.5 Å². The van der Waals surface area contributed by atoms with Crippen molar-refractivity contribution >= 4 is 40.2 Å². The minimum atomic E-state index is -0.741. The first-order valence-electron chi connectivity index (χ1n) is 13.4. The molecule has 2 heterocycles. The summed E-state index contributed by atoms with van der Waals surface area (Å²) in [7, 11) is 1.63. The molecule has 4 rings (SSSR count). The number of aliphatic hydroxyl groups excluding tert-OH is 1. The van der Waals surface area contributed by atoms with Gasteiger partial charge in [-0.3, -0.25) is 9.78 Å². The van der Waals surface area contributed by atoms with Crippen LogP contribution in [0.1, 0.15) is 50.2 Å². The molecule has 1 unspecified atom stereocenters. The molecule has 2 N–H and O–H groups in total. The van der Waals surface area contributed by atoms with E-state index in [4.69, 9.17) is 16.3 Å². The maximum absolute atomic E-state index is 11.3. The summed E-state index contributed by atoms with van der Waals surface area (Å²) in [6, 6.07) is 15.5. The molecule has 1 aliphatic rings. The van der Waals surface area contributed by atoms with Crippen molar-refractivity contribution in [1.29, 1.82) is 0 Å². The molecule has 6 nitrogen and oxygen atoms in total. The van der Waals surface area contributed by atoms with E-state index < -0.39 is 12.1 Å². The Kier molecular flexibility index (Phi) is 10.7. The first-order chi connectivity index (χ1) is 18.4. The summed E-state index contributed by atoms with van der Waals surface area (Å²) >= 11 is 8.06. The van der Waals surface area contributed by atoms with Crippen LogP contribution in [0.25, 0.3) is 10.9 Å². The van der Waals surface area contributed by atoms with Gasteiger partial charge in [0.1, 0.15) is 5.75 Å². The third-order valence-electron chi connectivity index (χ3n) is 7.57. The third-order valence-corrected chi connectivity index (χ3v) is 9.17. The van der Waals surface area contributed by atoms with E-state index in [1.54, 1.807) is 25.1 Å². The maximum atomic E-state index is 11.3. The largest absolute Gasteiger partial charge is 0.497 e. The fourth-order valence-electron chi connectivity index (χ4n) is 5.50. The number of piperidine rings is 1. The number of aliphatic hydroxyl groups is 1. The molecule has 0 saturated carbocycles. The van der Waals surface area contributed by atoms with Gasteiger partial charge in [0.05, 0.1) is 23.8 Å². The monoisotopic (exact) mass is 556 g/mol. The van der Waals surface area contributed by atoms with E-state index in [-0.39, 0.29) is 6.42 Å². The number of likely N-dealkylation sites (tertiary alicyclic amines) is 1. The van der Waals surface area contributed by atoms with Crippen LogP contribution in [-0.2, 0) is 4.79 Å². The second kappa shape index (κ2) is 14.2. The Labute approximate surface area is 234 Å². The molecule has 3 atom stereocenters. The third kappa shape index (κ3) is 7.85. The predicted molar refractivity (Wildman–Crippen MR) is 154 cm³/mol. The van der Waals surface area contributed by atoms with E-state index in [1.165, 1.54) is 0 Å². The quantitative estimate of drug-likeness (QED) is 0.179. The number of carbonyl (C=O) groups is 1. The summed E-state index contributed by atoms with van der Waals surface area (Å²) in [5.41, 5.74) is 1.70. The van der Waals surface area contributed by atoms with Crippen molar-refractivity contribution in [2.45, 2.75) is 49.5 Å². The Bertz CT molecular complexity index is 1210. The minimum absolute atomic E-state index is 0.189. The zero-order chi connectivity index (χ0) is 26.9. The highest BCUT2D eigenvalue weighted by atomic mass is 35.5. The summed E-state index contributed by atoms with van der Waals surface area (Å²) in [5.74, 6) is 1.72. The lowest BCUT2D eigenvalue weighted by Gasteiger charge is -2.39. The van der Waals surface area contributed by atoms with Crippen molar-refractivity contribution in [3.8, 4) is 5.75 Å². The van der Waals surface area contributed by atoms with Crippen molar-refractivity contribution in [1.82, 2.24) is 9.88 Å². The number of ether oxygens (including phenoxy) is 1. The van der Waals surface area contributed by atoms with Crippen molar-refractivity contribution in [2.24, 2.45) is 11.8 Å². The summed E-state index contributed by atoms with van der Waals surface area (Å²) in [4.78, 5) is 19.4. The SMILES string of the molecule is COc1ccc2nccc(C(O)CC[C@@H]3CCN(CCCSc4ccccc4Cl)C[C@@H]3CCC(=O)O)c2c1. The summed E-state index contributed by atoms with van der Waals surface area (Å²) in [5, 5.41) is 22.2. The second-order valence-electron chi connectivity index (χ2n) is 10.1. The van der Waals surface area contributed by atoms with Crippen molar-refractivity contribution in [3.63, 3.8) is 0 Å². The van der Waals surface area contributed by atoms with Gasteiger partial charge in [-0.2, -0.15) is 0 Å². The van der Waals surface area contributed by atoms with Gasteiger partial charge < -0.3 is 19.8 Å². The van der Waals surface area contributed by atoms with Gasteiger partial charge in [-0.05, 0) is 105 Å². The van der Waals surface area contributed by atoms with E-state index in [0.717, 1.165) is 76.8 Å². The lowest BCUT2D eigenvalue weighted by Crippen LogP contribution is -2.41. The number of methoxy groups -OCH3 is 1. The second-order valence-corrected chi connectivity index (χ2v) is 11.6. The van der Waals surface area contributed by atoms with Gasteiger partial charge in [-0.1, -0.05) is 23.7 Å². The number of benzene rings is 2. The molecule has 8 heteroatoms. The Morgan fingerprint density at radius 1 is 1.21 bits per heavy atom. The van der Waals surface area contributed by atoms with Crippen LogP contribution in [-0.4, -0.2) is 58.6 Å². The van der Waals surface area contributed by atoms with Gasteiger partial charge >= 0.3 is 5.97 Å². The molecule has 0 radical (unpaired) electrons. The van der Waals surface area contributed by atoms with Gasteiger partial charge in [0, 0.05) is 29.4 Å². The molecule has 1 aliphatic heterocycles. The number of rotatable bonds is 13. The Hall–Kier alpha value is -2.32. The average Bonchev–Trinajstić information content (AvgIpc) is 2.93. The van der Waals surface area contributed by atoms with Crippen molar-refractivity contribution in [3.05, 3.63) is 65.3 Å². The molecule has 1 saturated heterocycles. The van der Waals surface area contributed by atoms with Crippen LogP contribution in [0.15, 0.2) is 59.6 Å². The minimum Gasteiger partial charge on any atom is -0.497 e. The molecule has 204 valence electrons. The Morgan fingerprint density at radius 2 is 2.05 bits per heavy atom. The average molecular weight is 557 g/mol. The lowest BCUT2D eigenvalue weighted by atomic mass is 9.79. The van der Waals surface area contributed by atoms with Crippen molar-refractivity contribution < 1.29 is 19.7 Å². The topological polar surface area (TPSA) is 82.9 Å². The fourth-order valence-corrected chi connectivity index (χ4v) is 6.67. The molecule has 1 fully saturated rings. The standard InChI is InChI=1S/C30H37ClN2O4S/c1-37-23-9-10-27-25(19-23)24(13-15-32-27)28(34)11-7-21-14-17-33(20-22(21)8-12-30(35)36)16-4-18-38-29-6-3-2-5-26(29)31/h2-3,5-6,9-10,13,15,19,21-22,28,34H,4,7-8,11-12,14,16-18,20H2,1H3,(H,35,36)/t21-,22+,28?/m1/s1. The number of hydrogen-bond acceptors (Lipinski definition) is 6. The number of nitrogens with zero attached hydrogens (tertiary/aromatic N) is 2. The Balaban J connectivity index is 1.32. The normalized spacial score (nSPS) is 18.9. The van der Waals surface area contributed by atoms with Gasteiger partial charge in [-0.25, -0.2) is 0 Å². The van der Waals surface area contributed by atoms with Crippen LogP contribution >= 0.6 is 23.4 Å². The molecule has 0 amide bonds. The van der Waals surface area contributed by atoms with Gasteiger partial charge in [0.15, 0.2) is 0 Å². The first kappa shape index (κ1) is 28.7.